The van der Waals surface area contributed by atoms with Crippen molar-refractivity contribution in [2.45, 2.75) is 6.92 Å². The Morgan fingerprint density at radius 2 is 1.77 bits per heavy atom. The molecule has 0 bridgehead atoms. The molecule has 2 aromatic carbocycles. The van der Waals surface area contributed by atoms with Gasteiger partial charge >= 0.3 is 0 Å². The molecule has 6 heteroatoms. The van der Waals surface area contributed by atoms with Crippen LogP contribution in [-0.4, -0.2) is 38.0 Å². The summed E-state index contributed by atoms with van der Waals surface area (Å²) in [5.41, 5.74) is 3.55. The van der Waals surface area contributed by atoms with Crippen LogP contribution in [0.3, 0.4) is 0 Å². The average Bonchev–Trinajstić information content (AvgIpc) is 2.91. The van der Waals surface area contributed by atoms with Crippen molar-refractivity contribution in [2.24, 2.45) is 0 Å². The first-order valence-corrected chi connectivity index (χ1v) is 11.9. The van der Waals surface area contributed by atoms with E-state index in [0.29, 0.717) is 18.9 Å². The Bertz CT molecular complexity index is 1160. The lowest BCUT2D eigenvalue weighted by Crippen LogP contribution is -2.25. The number of sulfone groups is 1. The molecule has 0 N–H and O–H groups in total. The summed E-state index contributed by atoms with van der Waals surface area (Å²) in [5.74, 6) is 2.32. The summed E-state index contributed by atoms with van der Waals surface area (Å²) in [6.45, 7) is 6.63. The lowest BCUT2D eigenvalue weighted by molar-refractivity contribution is 0.251. The number of fused-ring (bicyclic) bond motifs is 1. The van der Waals surface area contributed by atoms with Gasteiger partial charge in [-0.3, -0.25) is 0 Å². The zero-order valence-electron chi connectivity index (χ0n) is 17.5. The summed E-state index contributed by atoms with van der Waals surface area (Å²) >= 11 is 0. The van der Waals surface area contributed by atoms with Crippen LogP contribution in [0.4, 0.5) is 0 Å². The Morgan fingerprint density at radius 3 is 2.48 bits per heavy atom. The highest BCUT2D eigenvalue weighted by atomic mass is 32.2. The van der Waals surface area contributed by atoms with Crippen molar-refractivity contribution in [3.63, 3.8) is 0 Å². The van der Waals surface area contributed by atoms with Crippen LogP contribution in [-0.2, 0) is 14.6 Å². The Morgan fingerprint density at radius 1 is 1.06 bits per heavy atom. The molecule has 2 aromatic rings. The third-order valence-electron chi connectivity index (χ3n) is 4.99. The zero-order valence-corrected chi connectivity index (χ0v) is 18.3. The molecule has 0 unspecified atom stereocenters. The summed E-state index contributed by atoms with van der Waals surface area (Å²) < 4.78 is 36.3. The van der Waals surface area contributed by atoms with Gasteiger partial charge in [0.25, 0.3) is 0 Å². The maximum atomic E-state index is 12.2. The highest BCUT2D eigenvalue weighted by Gasteiger charge is 2.27. The van der Waals surface area contributed by atoms with Gasteiger partial charge in [-0.15, -0.1) is 0 Å². The standard InChI is InChI=1S/C25H25NO4S/c1-19(2)18-29-24-12-14-26-15-17-31(27,28)16-13-23(26)25(24)20-8-10-22(11-9-20)30-21-6-4-3-5-7-21/h3-14H,1,15-18H2,2H3. The second kappa shape index (κ2) is 8.86. The topological polar surface area (TPSA) is 55.8 Å². The molecule has 31 heavy (non-hydrogen) atoms. The molecule has 5 nitrogen and oxygen atoms in total. The van der Waals surface area contributed by atoms with E-state index in [1.165, 1.54) is 0 Å². The van der Waals surface area contributed by atoms with Gasteiger partial charge < -0.3 is 14.4 Å². The second-order valence-electron chi connectivity index (χ2n) is 7.64. The molecule has 0 saturated carbocycles. The molecule has 0 radical (unpaired) electrons. The molecule has 160 valence electrons. The van der Waals surface area contributed by atoms with E-state index in [1.54, 1.807) is 6.08 Å². The number of para-hydroxylation sites is 1. The first-order chi connectivity index (χ1) is 14.9. The highest BCUT2D eigenvalue weighted by molar-refractivity contribution is 7.91. The van der Waals surface area contributed by atoms with E-state index >= 15 is 0 Å². The molecule has 0 amide bonds. The first kappa shape index (κ1) is 21.0. The van der Waals surface area contributed by atoms with Gasteiger partial charge in [0.15, 0.2) is 9.84 Å². The van der Waals surface area contributed by atoms with Crippen LogP contribution in [0, 0.1) is 0 Å². The summed E-state index contributed by atoms with van der Waals surface area (Å²) in [5, 5.41) is 0. The van der Waals surface area contributed by atoms with Crippen molar-refractivity contribution >= 4 is 15.4 Å². The number of nitrogens with zero attached hydrogens (tertiary/aromatic N) is 1. The fraction of sp³-hybridized carbons (Fsp3) is 0.200. The predicted molar refractivity (Wildman–Crippen MR) is 123 cm³/mol. The minimum absolute atomic E-state index is 0.0130. The summed E-state index contributed by atoms with van der Waals surface area (Å²) in [4.78, 5) is 1.97. The van der Waals surface area contributed by atoms with Crippen molar-refractivity contribution in [3.05, 3.63) is 102 Å². The molecular formula is C25H25NO4S. The van der Waals surface area contributed by atoms with Crippen LogP contribution in [0.15, 0.2) is 96.6 Å². The van der Waals surface area contributed by atoms with E-state index in [2.05, 4.69) is 6.58 Å². The van der Waals surface area contributed by atoms with Gasteiger partial charge in [-0.05, 0) is 54.5 Å². The Kier molecular flexibility index (Phi) is 6.00. The van der Waals surface area contributed by atoms with Gasteiger partial charge in [0.2, 0.25) is 0 Å². The smallest absolute Gasteiger partial charge is 0.155 e. The van der Waals surface area contributed by atoms with Gasteiger partial charge in [0, 0.05) is 24.0 Å². The van der Waals surface area contributed by atoms with Crippen LogP contribution >= 0.6 is 0 Å². The summed E-state index contributed by atoms with van der Waals surface area (Å²) in [7, 11) is -3.12. The van der Waals surface area contributed by atoms with Crippen LogP contribution in [0.25, 0.3) is 5.57 Å². The minimum Gasteiger partial charge on any atom is -0.488 e. The number of benzene rings is 2. The van der Waals surface area contributed by atoms with E-state index in [1.807, 2.05) is 78.7 Å². The van der Waals surface area contributed by atoms with E-state index in [-0.39, 0.29) is 11.5 Å². The molecule has 0 saturated heterocycles. The van der Waals surface area contributed by atoms with Crippen LogP contribution in [0.5, 0.6) is 11.5 Å². The molecule has 0 fully saturated rings. The van der Waals surface area contributed by atoms with Crippen molar-refractivity contribution < 1.29 is 17.9 Å². The lowest BCUT2D eigenvalue weighted by Gasteiger charge is -2.29. The molecule has 4 rings (SSSR count). The number of rotatable bonds is 6. The normalized spacial score (nSPS) is 17.5. The Hall–Kier alpha value is -3.25. The maximum Gasteiger partial charge on any atom is 0.155 e. The lowest BCUT2D eigenvalue weighted by atomic mass is 9.97. The van der Waals surface area contributed by atoms with E-state index in [4.69, 9.17) is 9.47 Å². The van der Waals surface area contributed by atoms with Crippen molar-refractivity contribution in [3.8, 4) is 11.5 Å². The number of ether oxygens (including phenoxy) is 2. The zero-order chi connectivity index (χ0) is 21.8. The Balaban J connectivity index is 1.70. The second-order valence-corrected chi connectivity index (χ2v) is 9.87. The van der Waals surface area contributed by atoms with Crippen LogP contribution in [0.2, 0.25) is 0 Å². The average molecular weight is 436 g/mol. The minimum atomic E-state index is -3.12. The van der Waals surface area contributed by atoms with Gasteiger partial charge in [-0.2, -0.15) is 0 Å². The molecule has 2 aliphatic rings. The highest BCUT2D eigenvalue weighted by Crippen LogP contribution is 2.36. The fourth-order valence-corrected chi connectivity index (χ4v) is 4.51. The fourth-order valence-electron chi connectivity index (χ4n) is 3.46. The molecule has 0 atom stereocenters. The van der Waals surface area contributed by atoms with Crippen LogP contribution in [0.1, 0.15) is 12.5 Å². The van der Waals surface area contributed by atoms with Gasteiger partial charge in [0.05, 0.1) is 11.5 Å². The van der Waals surface area contributed by atoms with Crippen molar-refractivity contribution in [1.82, 2.24) is 4.90 Å². The van der Waals surface area contributed by atoms with E-state index in [0.717, 1.165) is 33.9 Å². The van der Waals surface area contributed by atoms with Crippen LogP contribution < -0.4 is 4.74 Å². The summed E-state index contributed by atoms with van der Waals surface area (Å²) in [6, 6.07) is 17.3. The van der Waals surface area contributed by atoms with Crippen molar-refractivity contribution in [1.29, 1.82) is 0 Å². The monoisotopic (exact) mass is 435 g/mol. The first-order valence-electron chi connectivity index (χ1n) is 10.1. The third kappa shape index (κ3) is 5.09. The molecule has 2 heterocycles. The molecule has 0 aliphatic carbocycles. The quantitative estimate of drug-likeness (QED) is 0.603. The van der Waals surface area contributed by atoms with Gasteiger partial charge in [0.1, 0.15) is 23.9 Å². The van der Waals surface area contributed by atoms with Gasteiger partial charge in [-0.25, -0.2) is 8.42 Å². The van der Waals surface area contributed by atoms with E-state index < -0.39 is 9.84 Å². The van der Waals surface area contributed by atoms with E-state index in [9.17, 15) is 8.42 Å². The SMILES string of the molecule is C=C(C)COC1=C(c2ccc(Oc3ccccc3)cc2)C2=CCS(=O)(=O)CCN2C=C1. The van der Waals surface area contributed by atoms with Gasteiger partial charge in [-0.1, -0.05) is 36.9 Å². The van der Waals surface area contributed by atoms with Crippen molar-refractivity contribution in [2.75, 3.05) is 24.7 Å². The Labute approximate surface area is 183 Å². The number of allylic oxidation sites excluding steroid dienone is 2. The number of hydrogen-bond acceptors (Lipinski definition) is 5. The largest absolute Gasteiger partial charge is 0.488 e. The third-order valence-corrected chi connectivity index (χ3v) is 6.47. The maximum absolute atomic E-state index is 12.2. The molecular weight excluding hydrogens is 410 g/mol. The molecule has 2 aliphatic heterocycles. The molecule has 0 aromatic heterocycles. The predicted octanol–water partition coefficient (Wildman–Crippen LogP) is 4.92. The number of hydrogen-bond donors (Lipinski definition) is 0. The summed E-state index contributed by atoms with van der Waals surface area (Å²) in [6.07, 6.45) is 5.55. The molecule has 0 spiro atoms.